The molecule has 0 saturated carbocycles. The van der Waals surface area contributed by atoms with Crippen molar-refractivity contribution in [3.63, 3.8) is 0 Å². The van der Waals surface area contributed by atoms with Gasteiger partial charge in [0, 0.05) is 11.4 Å². The molecule has 0 fully saturated rings. The second-order valence-electron chi connectivity index (χ2n) is 5.14. The van der Waals surface area contributed by atoms with Crippen LogP contribution in [0.4, 0.5) is 11.4 Å². The monoisotopic (exact) mass is 312 g/mol. The van der Waals surface area contributed by atoms with E-state index in [1.165, 1.54) is 11.1 Å². The number of thiocarbonyl (C=S) groups is 1. The van der Waals surface area contributed by atoms with E-state index in [0.717, 1.165) is 17.0 Å². The van der Waals surface area contributed by atoms with Crippen LogP contribution in [-0.2, 0) is 0 Å². The maximum absolute atomic E-state index is 5.77. The Kier molecular flexibility index (Phi) is 5.12. The molecule has 0 saturated heterocycles. The van der Waals surface area contributed by atoms with Gasteiger partial charge in [-0.1, -0.05) is 24.3 Å². The number of hydrogen-bond acceptors (Lipinski definition) is 3. The largest absolute Gasteiger partial charge is 0.399 e. The third-order valence-electron chi connectivity index (χ3n) is 3.48. The van der Waals surface area contributed by atoms with Crippen molar-refractivity contribution < 1.29 is 0 Å². The summed E-state index contributed by atoms with van der Waals surface area (Å²) in [5.74, 6) is 0. The van der Waals surface area contributed by atoms with Crippen LogP contribution in [0.1, 0.15) is 23.6 Å². The van der Waals surface area contributed by atoms with E-state index in [1.807, 2.05) is 43.3 Å². The summed E-state index contributed by atoms with van der Waals surface area (Å²) < 4.78 is 0. The van der Waals surface area contributed by atoms with Gasteiger partial charge >= 0.3 is 0 Å². The third kappa shape index (κ3) is 4.05. The van der Waals surface area contributed by atoms with Crippen molar-refractivity contribution in [2.45, 2.75) is 20.8 Å². The van der Waals surface area contributed by atoms with E-state index in [4.69, 9.17) is 18.0 Å². The van der Waals surface area contributed by atoms with E-state index < -0.39 is 0 Å². The molecule has 2 aromatic carbocycles. The average molecular weight is 312 g/mol. The van der Waals surface area contributed by atoms with Crippen LogP contribution >= 0.6 is 12.2 Å². The van der Waals surface area contributed by atoms with Crippen LogP contribution in [0.25, 0.3) is 0 Å². The SMILES string of the molecule is C/C(=N/NC(=S)Nc1cccc(C)c1C)c1cccc(N)c1. The molecule has 0 heterocycles. The normalized spacial score (nSPS) is 11.1. The lowest BCUT2D eigenvalue weighted by Gasteiger charge is -2.12. The van der Waals surface area contributed by atoms with E-state index >= 15 is 0 Å². The molecule has 4 N–H and O–H groups in total. The molecule has 2 rings (SSSR count). The fourth-order valence-corrected chi connectivity index (χ4v) is 2.16. The highest BCUT2D eigenvalue weighted by atomic mass is 32.1. The molecule has 0 amide bonds. The van der Waals surface area contributed by atoms with Gasteiger partial charge in [0.25, 0.3) is 0 Å². The van der Waals surface area contributed by atoms with Gasteiger partial charge in [0.15, 0.2) is 5.11 Å². The van der Waals surface area contributed by atoms with Crippen LogP contribution in [0.2, 0.25) is 0 Å². The minimum absolute atomic E-state index is 0.456. The Hall–Kier alpha value is -2.40. The van der Waals surface area contributed by atoms with Crippen molar-refractivity contribution in [2.75, 3.05) is 11.1 Å². The summed E-state index contributed by atoms with van der Waals surface area (Å²) in [6.45, 7) is 6.03. The van der Waals surface area contributed by atoms with E-state index in [-0.39, 0.29) is 0 Å². The van der Waals surface area contributed by atoms with E-state index in [1.54, 1.807) is 0 Å². The first kappa shape index (κ1) is 16.0. The minimum atomic E-state index is 0.456. The van der Waals surface area contributed by atoms with Crippen LogP contribution in [0.3, 0.4) is 0 Å². The van der Waals surface area contributed by atoms with Crippen molar-refractivity contribution in [3.8, 4) is 0 Å². The first-order valence-corrected chi connectivity index (χ1v) is 7.41. The van der Waals surface area contributed by atoms with Crippen molar-refractivity contribution in [3.05, 3.63) is 59.2 Å². The molecule has 114 valence electrons. The lowest BCUT2D eigenvalue weighted by Crippen LogP contribution is -2.25. The number of nitrogens with two attached hydrogens (primary N) is 1. The molecule has 0 radical (unpaired) electrons. The number of anilines is 2. The van der Waals surface area contributed by atoms with Gasteiger partial charge in [0.2, 0.25) is 0 Å². The van der Waals surface area contributed by atoms with E-state index in [2.05, 4.69) is 35.8 Å². The van der Waals surface area contributed by atoms with E-state index in [0.29, 0.717) is 10.8 Å². The Morgan fingerprint density at radius 2 is 1.86 bits per heavy atom. The van der Waals surface area contributed by atoms with Gasteiger partial charge in [-0.05, 0) is 67.9 Å². The molecule has 22 heavy (non-hydrogen) atoms. The summed E-state index contributed by atoms with van der Waals surface area (Å²) in [7, 11) is 0. The summed E-state index contributed by atoms with van der Waals surface area (Å²) in [5.41, 5.74) is 14.5. The first-order chi connectivity index (χ1) is 10.5. The second kappa shape index (κ2) is 7.04. The molecular weight excluding hydrogens is 292 g/mol. The number of nitrogen functional groups attached to an aromatic ring is 1. The Bertz CT molecular complexity index is 722. The van der Waals surface area contributed by atoms with Gasteiger partial charge < -0.3 is 11.1 Å². The zero-order valence-corrected chi connectivity index (χ0v) is 13.8. The van der Waals surface area contributed by atoms with Crippen LogP contribution in [0, 0.1) is 13.8 Å². The van der Waals surface area contributed by atoms with Crippen LogP contribution in [0.15, 0.2) is 47.6 Å². The summed E-state index contributed by atoms with van der Waals surface area (Å²) in [6.07, 6.45) is 0. The number of benzene rings is 2. The average Bonchev–Trinajstić information content (AvgIpc) is 2.49. The Morgan fingerprint density at radius 1 is 1.14 bits per heavy atom. The van der Waals surface area contributed by atoms with Gasteiger partial charge in [0.1, 0.15) is 0 Å². The standard InChI is InChI=1S/C17H20N4S/c1-11-6-4-9-16(12(11)2)19-17(22)21-20-13(3)14-7-5-8-15(18)10-14/h4-10H,18H2,1-3H3,(H2,19,21,22)/b20-13-. The smallest absolute Gasteiger partial charge is 0.191 e. The molecule has 4 nitrogen and oxygen atoms in total. The highest BCUT2D eigenvalue weighted by molar-refractivity contribution is 7.80. The van der Waals surface area contributed by atoms with Gasteiger partial charge in [-0.25, -0.2) is 0 Å². The maximum Gasteiger partial charge on any atom is 0.191 e. The quantitative estimate of drug-likeness (QED) is 0.351. The third-order valence-corrected chi connectivity index (χ3v) is 3.68. The molecule has 0 aliphatic carbocycles. The highest BCUT2D eigenvalue weighted by Crippen LogP contribution is 2.17. The number of nitrogens with zero attached hydrogens (tertiary/aromatic N) is 1. The van der Waals surface area contributed by atoms with Crippen molar-refractivity contribution in [2.24, 2.45) is 5.10 Å². The number of hydrogen-bond donors (Lipinski definition) is 3. The number of hydrazone groups is 1. The van der Waals surface area contributed by atoms with Gasteiger partial charge in [0.05, 0.1) is 5.71 Å². The fourth-order valence-electron chi connectivity index (χ4n) is 2.00. The van der Waals surface area contributed by atoms with Crippen molar-refractivity contribution in [1.29, 1.82) is 0 Å². The molecule has 0 atom stereocenters. The Morgan fingerprint density at radius 3 is 2.59 bits per heavy atom. The predicted molar refractivity (Wildman–Crippen MR) is 98.3 cm³/mol. The maximum atomic E-state index is 5.77. The fraction of sp³-hybridized carbons (Fsp3) is 0.176. The van der Waals surface area contributed by atoms with Crippen LogP contribution in [-0.4, -0.2) is 10.8 Å². The zero-order valence-electron chi connectivity index (χ0n) is 13.0. The Balaban J connectivity index is 2.03. The summed E-state index contributed by atoms with van der Waals surface area (Å²) in [4.78, 5) is 0. The predicted octanol–water partition coefficient (Wildman–Crippen LogP) is 3.60. The zero-order chi connectivity index (χ0) is 16.1. The molecule has 0 aliphatic heterocycles. The summed E-state index contributed by atoms with van der Waals surface area (Å²) >= 11 is 5.28. The summed E-state index contributed by atoms with van der Waals surface area (Å²) in [5, 5.41) is 7.90. The van der Waals surface area contributed by atoms with Crippen LogP contribution in [0.5, 0.6) is 0 Å². The number of nitrogens with one attached hydrogen (secondary N) is 2. The lowest BCUT2D eigenvalue weighted by molar-refractivity contribution is 1.04. The number of aryl methyl sites for hydroxylation is 1. The van der Waals surface area contributed by atoms with Crippen LogP contribution < -0.4 is 16.5 Å². The number of rotatable bonds is 3. The molecule has 0 bridgehead atoms. The van der Waals surface area contributed by atoms with Crippen molar-refractivity contribution in [1.82, 2.24) is 5.43 Å². The van der Waals surface area contributed by atoms with Gasteiger partial charge in [-0.2, -0.15) is 5.10 Å². The first-order valence-electron chi connectivity index (χ1n) is 7.01. The van der Waals surface area contributed by atoms with Crippen molar-refractivity contribution >= 4 is 34.4 Å². The molecule has 0 unspecified atom stereocenters. The minimum Gasteiger partial charge on any atom is -0.399 e. The van der Waals surface area contributed by atoms with E-state index in [9.17, 15) is 0 Å². The lowest BCUT2D eigenvalue weighted by atomic mass is 10.1. The molecule has 0 aromatic heterocycles. The topological polar surface area (TPSA) is 62.4 Å². The van der Waals surface area contributed by atoms with Gasteiger partial charge in [-0.15, -0.1) is 0 Å². The molecule has 0 spiro atoms. The highest BCUT2D eigenvalue weighted by Gasteiger charge is 2.03. The summed E-state index contributed by atoms with van der Waals surface area (Å²) in [6, 6.07) is 13.6. The second-order valence-corrected chi connectivity index (χ2v) is 5.54. The molecule has 2 aromatic rings. The Labute approximate surface area is 136 Å². The molecular formula is C17H20N4S. The molecule has 0 aliphatic rings. The van der Waals surface area contributed by atoms with Gasteiger partial charge in [-0.3, -0.25) is 5.43 Å². The molecule has 5 heteroatoms.